The number of carbonyl (C=O) groups excluding carboxylic acids is 2. The maximum absolute atomic E-state index is 15.1. The van der Waals surface area contributed by atoms with Gasteiger partial charge in [0.2, 0.25) is 0 Å². The molecule has 1 heterocycles. The molecule has 1 unspecified atom stereocenters. The number of Topliss-reactive ketones (excluding diaryl/α,β-unsaturated/α-hetero) is 1. The summed E-state index contributed by atoms with van der Waals surface area (Å²) < 4.78 is 25.8. The van der Waals surface area contributed by atoms with Crippen molar-refractivity contribution in [2.45, 2.75) is 32.2 Å². The van der Waals surface area contributed by atoms with Gasteiger partial charge in [-0.1, -0.05) is 39.0 Å². The number of nitrogens with zero attached hydrogens (tertiary/aromatic N) is 1. The first kappa shape index (κ1) is 25.0. The van der Waals surface area contributed by atoms with Crippen molar-refractivity contribution in [2.24, 2.45) is 0 Å². The molecule has 0 bridgehead atoms. The molecule has 186 valence electrons. The highest BCUT2D eigenvalue weighted by Crippen LogP contribution is 2.44. The van der Waals surface area contributed by atoms with E-state index in [1.807, 2.05) is 20.8 Å². The third kappa shape index (κ3) is 4.33. The van der Waals surface area contributed by atoms with Crippen LogP contribution in [0.2, 0.25) is 0 Å². The van der Waals surface area contributed by atoms with E-state index in [0.29, 0.717) is 22.7 Å². The summed E-state index contributed by atoms with van der Waals surface area (Å²) >= 11 is 0. The van der Waals surface area contributed by atoms with Gasteiger partial charge < -0.3 is 14.6 Å². The third-order valence-electron chi connectivity index (χ3n) is 6.28. The lowest BCUT2D eigenvalue weighted by molar-refractivity contribution is -0.132. The lowest BCUT2D eigenvalue weighted by Crippen LogP contribution is -2.29. The Balaban J connectivity index is 1.96. The second kappa shape index (κ2) is 9.49. The van der Waals surface area contributed by atoms with Gasteiger partial charge in [0.05, 0.1) is 25.8 Å². The van der Waals surface area contributed by atoms with Crippen LogP contribution in [0.25, 0.3) is 5.76 Å². The monoisotopic (exact) mass is 489 g/mol. The van der Waals surface area contributed by atoms with Crippen LogP contribution in [0, 0.1) is 5.82 Å². The van der Waals surface area contributed by atoms with Gasteiger partial charge in [-0.2, -0.15) is 0 Å². The van der Waals surface area contributed by atoms with Gasteiger partial charge in [0, 0.05) is 22.4 Å². The average molecular weight is 490 g/mol. The van der Waals surface area contributed by atoms with Crippen molar-refractivity contribution in [1.29, 1.82) is 0 Å². The zero-order valence-electron chi connectivity index (χ0n) is 20.8. The van der Waals surface area contributed by atoms with Crippen LogP contribution in [-0.4, -0.2) is 31.0 Å². The van der Waals surface area contributed by atoms with Crippen molar-refractivity contribution in [1.82, 2.24) is 0 Å². The Morgan fingerprint density at radius 1 is 0.944 bits per heavy atom. The summed E-state index contributed by atoms with van der Waals surface area (Å²) in [4.78, 5) is 27.8. The van der Waals surface area contributed by atoms with E-state index in [0.717, 1.165) is 5.56 Å². The summed E-state index contributed by atoms with van der Waals surface area (Å²) in [5.41, 5.74) is 1.08. The molecule has 0 aromatic heterocycles. The highest BCUT2D eigenvalue weighted by Gasteiger charge is 2.47. The number of anilines is 1. The summed E-state index contributed by atoms with van der Waals surface area (Å²) in [6.07, 6.45) is 0. The smallest absolute Gasteiger partial charge is 0.300 e. The van der Waals surface area contributed by atoms with E-state index in [4.69, 9.17) is 9.47 Å². The number of carbonyl (C=O) groups is 2. The van der Waals surface area contributed by atoms with Crippen LogP contribution >= 0.6 is 0 Å². The van der Waals surface area contributed by atoms with E-state index in [1.54, 1.807) is 55.6 Å². The molecule has 0 spiro atoms. The molecule has 0 saturated carbocycles. The molecule has 3 aromatic carbocycles. The second-order valence-electron chi connectivity index (χ2n) is 9.55. The Morgan fingerprint density at radius 3 is 2.19 bits per heavy atom. The van der Waals surface area contributed by atoms with Crippen molar-refractivity contribution in [3.63, 3.8) is 0 Å². The molecule has 0 radical (unpaired) electrons. The van der Waals surface area contributed by atoms with Gasteiger partial charge in [0.1, 0.15) is 23.1 Å². The minimum atomic E-state index is -1.17. The zero-order chi connectivity index (χ0) is 26.2. The molecule has 1 saturated heterocycles. The summed E-state index contributed by atoms with van der Waals surface area (Å²) in [7, 11) is 3.07. The van der Waals surface area contributed by atoms with Crippen molar-refractivity contribution >= 4 is 23.1 Å². The van der Waals surface area contributed by atoms with Crippen LogP contribution in [0.4, 0.5) is 10.1 Å². The zero-order valence-corrected chi connectivity index (χ0v) is 20.8. The fourth-order valence-electron chi connectivity index (χ4n) is 4.43. The van der Waals surface area contributed by atoms with Crippen molar-refractivity contribution < 1.29 is 28.6 Å². The fraction of sp³-hybridized carbons (Fsp3) is 0.241. The molecule has 1 atom stereocenters. The number of methoxy groups -OCH3 is 2. The number of aliphatic hydroxyl groups excluding tert-OH is 1. The molecule has 1 aliphatic heterocycles. The van der Waals surface area contributed by atoms with Crippen LogP contribution in [0.3, 0.4) is 0 Å². The quantitative estimate of drug-likeness (QED) is 0.280. The topological polar surface area (TPSA) is 76.1 Å². The summed E-state index contributed by atoms with van der Waals surface area (Å²) in [5, 5.41) is 11.4. The molecule has 3 aromatic rings. The molecule has 1 amide bonds. The Labute approximate surface area is 209 Å². The Hall–Kier alpha value is -4.13. The predicted octanol–water partition coefficient (Wildman–Crippen LogP) is 5.77. The molecule has 1 N–H and O–H groups in total. The van der Waals surface area contributed by atoms with Crippen LogP contribution in [-0.2, 0) is 15.0 Å². The highest BCUT2D eigenvalue weighted by molar-refractivity contribution is 6.51. The molecule has 0 aliphatic carbocycles. The van der Waals surface area contributed by atoms with E-state index in [-0.39, 0.29) is 22.3 Å². The van der Waals surface area contributed by atoms with Crippen molar-refractivity contribution in [2.75, 3.05) is 19.1 Å². The van der Waals surface area contributed by atoms with Crippen molar-refractivity contribution in [3.05, 3.63) is 94.8 Å². The molecule has 36 heavy (non-hydrogen) atoms. The van der Waals surface area contributed by atoms with Gasteiger partial charge in [-0.15, -0.1) is 0 Å². The van der Waals surface area contributed by atoms with Gasteiger partial charge in [-0.25, -0.2) is 4.39 Å². The summed E-state index contributed by atoms with van der Waals surface area (Å²) in [6.45, 7) is 5.99. The maximum Gasteiger partial charge on any atom is 0.300 e. The van der Waals surface area contributed by atoms with E-state index in [2.05, 4.69) is 0 Å². The van der Waals surface area contributed by atoms with Gasteiger partial charge in [-0.05, 0) is 53.9 Å². The number of benzene rings is 3. The Morgan fingerprint density at radius 2 is 1.61 bits per heavy atom. The van der Waals surface area contributed by atoms with E-state index in [9.17, 15) is 14.7 Å². The minimum absolute atomic E-state index is 0.0959. The van der Waals surface area contributed by atoms with Crippen LogP contribution in [0.15, 0.2) is 72.3 Å². The number of halogens is 1. The van der Waals surface area contributed by atoms with Crippen LogP contribution in [0.1, 0.15) is 43.5 Å². The second-order valence-corrected chi connectivity index (χ2v) is 9.55. The number of hydrogen-bond acceptors (Lipinski definition) is 5. The normalized spacial score (nSPS) is 17.4. The molecule has 6 nitrogen and oxygen atoms in total. The average Bonchev–Trinajstić information content (AvgIpc) is 3.13. The first-order chi connectivity index (χ1) is 17.1. The molecular formula is C29H28FNO5. The van der Waals surface area contributed by atoms with Gasteiger partial charge >= 0.3 is 0 Å². The third-order valence-corrected chi connectivity index (χ3v) is 6.28. The molecule has 4 rings (SSSR count). The SMILES string of the molecule is COc1ccc(N2C(=O)C(=O)/C(=C(/O)c3ccc(OC)c(C(C)(C)C)c3)C2c2ccccc2F)cc1. The lowest BCUT2D eigenvalue weighted by atomic mass is 9.84. The maximum atomic E-state index is 15.1. The van der Waals surface area contributed by atoms with Gasteiger partial charge in [0.15, 0.2) is 0 Å². The molecular weight excluding hydrogens is 461 g/mol. The predicted molar refractivity (Wildman–Crippen MR) is 136 cm³/mol. The van der Waals surface area contributed by atoms with Crippen LogP contribution in [0.5, 0.6) is 11.5 Å². The highest BCUT2D eigenvalue weighted by atomic mass is 19.1. The summed E-state index contributed by atoms with van der Waals surface area (Å²) in [6, 6.07) is 16.3. The number of aliphatic hydroxyl groups is 1. The first-order valence-electron chi connectivity index (χ1n) is 11.5. The fourth-order valence-corrected chi connectivity index (χ4v) is 4.43. The first-order valence-corrected chi connectivity index (χ1v) is 11.5. The number of amides is 1. The number of rotatable bonds is 5. The van der Waals surface area contributed by atoms with E-state index >= 15 is 4.39 Å². The molecule has 7 heteroatoms. The van der Waals surface area contributed by atoms with Gasteiger partial charge in [0.25, 0.3) is 11.7 Å². The number of ether oxygens (including phenoxy) is 2. The standard InChI is InChI=1S/C29H28FNO5/c1-29(2,3)21-16-17(10-15-23(21)36-5)26(32)24-25(20-8-6-7-9-22(20)30)31(28(34)27(24)33)18-11-13-19(35-4)14-12-18/h6-16,25,32H,1-5H3/b26-24+. The van der Waals surface area contributed by atoms with Crippen LogP contribution < -0.4 is 14.4 Å². The van der Waals surface area contributed by atoms with Gasteiger partial charge in [-0.3, -0.25) is 14.5 Å². The molecule has 1 aliphatic rings. The van der Waals surface area contributed by atoms with E-state index < -0.39 is 23.5 Å². The summed E-state index contributed by atoms with van der Waals surface area (Å²) in [5.74, 6) is -1.55. The molecule has 1 fully saturated rings. The van der Waals surface area contributed by atoms with Crippen molar-refractivity contribution in [3.8, 4) is 11.5 Å². The van der Waals surface area contributed by atoms with E-state index in [1.165, 1.54) is 30.2 Å². The Bertz CT molecular complexity index is 1350. The number of ketones is 1. The number of hydrogen-bond donors (Lipinski definition) is 1. The largest absolute Gasteiger partial charge is 0.507 e. The minimum Gasteiger partial charge on any atom is -0.507 e. The lowest BCUT2D eigenvalue weighted by Gasteiger charge is -2.26. The Kier molecular flexibility index (Phi) is 6.59.